The van der Waals surface area contributed by atoms with Crippen LogP contribution < -0.4 is 15.2 Å². The van der Waals surface area contributed by atoms with Gasteiger partial charge in [0.2, 0.25) is 10.0 Å². The molecule has 0 fully saturated rings. The van der Waals surface area contributed by atoms with Crippen molar-refractivity contribution in [3.05, 3.63) is 46.3 Å². The molecule has 2 heterocycles. The van der Waals surface area contributed by atoms with E-state index in [1.165, 1.54) is 32.3 Å². The maximum absolute atomic E-state index is 12.5. The van der Waals surface area contributed by atoms with Crippen LogP contribution in [0.5, 0.6) is 5.75 Å². The van der Waals surface area contributed by atoms with Gasteiger partial charge in [0, 0.05) is 14.1 Å². The van der Waals surface area contributed by atoms with Gasteiger partial charge >= 0.3 is 5.82 Å². The minimum Gasteiger partial charge on any atom is -0.504 e. The van der Waals surface area contributed by atoms with Crippen LogP contribution in [0.1, 0.15) is 37.0 Å². The summed E-state index contributed by atoms with van der Waals surface area (Å²) in [7, 11) is -1.15. The minimum atomic E-state index is -3.88. The molecule has 1 aromatic carbocycles. The number of hydrogen-bond donors (Lipinski definition) is 4. The van der Waals surface area contributed by atoms with E-state index in [0.29, 0.717) is 5.76 Å². The maximum atomic E-state index is 12.5. The molecule has 0 radical (unpaired) electrons. The van der Waals surface area contributed by atoms with Gasteiger partial charge in [0.25, 0.3) is 5.82 Å². The Morgan fingerprint density at radius 1 is 1.22 bits per heavy atom. The highest BCUT2D eigenvalue weighted by molar-refractivity contribution is 7.89. The highest BCUT2D eigenvalue weighted by atomic mass is 32.2. The largest absolute Gasteiger partial charge is 0.504 e. The number of hydrogen-bond acceptors (Lipinski definition) is 8. The van der Waals surface area contributed by atoms with Crippen molar-refractivity contribution < 1.29 is 27.2 Å². The van der Waals surface area contributed by atoms with Crippen LogP contribution in [0.4, 0.5) is 17.3 Å². The number of phenolic OH excluding ortho intramolecular Hbond substituents is 1. The number of benzene rings is 1. The summed E-state index contributed by atoms with van der Waals surface area (Å²) in [6.07, 6.45) is 0. The summed E-state index contributed by atoms with van der Waals surface area (Å²) in [5.74, 6) is 1.10. The lowest BCUT2D eigenvalue weighted by atomic mass is 10.0. The van der Waals surface area contributed by atoms with Crippen molar-refractivity contribution in [1.29, 1.82) is 0 Å². The molecule has 174 valence electrons. The molecule has 0 aliphatic rings. The number of nitrogens with zero attached hydrogens (tertiary/aromatic N) is 2. The molecule has 0 aliphatic heterocycles. The van der Waals surface area contributed by atoms with Crippen molar-refractivity contribution in [3.8, 4) is 5.75 Å². The number of aromatic hydroxyl groups is 1. The van der Waals surface area contributed by atoms with Crippen LogP contribution in [0.15, 0.2) is 38.2 Å². The standard InChI is InChI=1S/C20H27N5O6S/c1-11(2)17(15-10-12(3)13(4)30-15)22-20-19(23-31-25(20)27)21-14-8-7-9-16(18(14)26)32(28,29)24(5)6/h7-11,17,22H,1-6H3,(H2-,21,23,26,27)/p+1/t17-/m1/s1. The highest BCUT2D eigenvalue weighted by Gasteiger charge is 2.30. The third kappa shape index (κ3) is 4.36. The van der Waals surface area contributed by atoms with E-state index in [0.717, 1.165) is 15.6 Å². The molecule has 0 bridgehead atoms. The SMILES string of the molecule is Cc1cc([C@H](Nc2c(Nc3cccc(S(=O)(=O)N(C)C)c3O)[nH]o[n+]2=O)C(C)C)oc1C. The molecular formula is C20H28N5O6S+. The van der Waals surface area contributed by atoms with E-state index >= 15 is 0 Å². The number of aromatic nitrogens is 2. The fourth-order valence-electron chi connectivity index (χ4n) is 3.11. The third-order valence-electron chi connectivity index (χ3n) is 5.12. The number of nitrogens with one attached hydrogen (secondary N) is 3. The normalized spacial score (nSPS) is 13.0. The molecule has 1 atom stereocenters. The van der Waals surface area contributed by atoms with E-state index in [9.17, 15) is 18.4 Å². The predicted molar refractivity (Wildman–Crippen MR) is 118 cm³/mol. The smallest absolute Gasteiger partial charge is 0.367 e. The van der Waals surface area contributed by atoms with Crippen LogP contribution >= 0.6 is 0 Å². The zero-order valence-electron chi connectivity index (χ0n) is 18.8. The quantitative estimate of drug-likeness (QED) is 0.370. The van der Waals surface area contributed by atoms with Crippen molar-refractivity contribution in [2.45, 2.75) is 38.6 Å². The lowest BCUT2D eigenvalue weighted by Gasteiger charge is -2.17. The number of sulfonamides is 1. The zero-order chi connectivity index (χ0) is 23.8. The molecule has 4 N–H and O–H groups in total. The van der Waals surface area contributed by atoms with Crippen molar-refractivity contribution in [3.63, 3.8) is 0 Å². The first-order valence-electron chi connectivity index (χ1n) is 9.93. The number of furan rings is 1. The number of rotatable bonds is 8. The Balaban J connectivity index is 1.97. The molecule has 32 heavy (non-hydrogen) atoms. The zero-order valence-corrected chi connectivity index (χ0v) is 19.6. The van der Waals surface area contributed by atoms with Crippen LogP contribution in [0, 0.1) is 24.7 Å². The predicted octanol–water partition coefficient (Wildman–Crippen LogP) is 3.24. The Kier molecular flexibility index (Phi) is 6.37. The summed E-state index contributed by atoms with van der Waals surface area (Å²) >= 11 is 0. The van der Waals surface area contributed by atoms with Gasteiger partial charge in [-0.05, 0) is 48.4 Å². The van der Waals surface area contributed by atoms with E-state index in [2.05, 4.69) is 15.8 Å². The van der Waals surface area contributed by atoms with Crippen molar-refractivity contribution in [1.82, 2.24) is 9.46 Å². The van der Waals surface area contributed by atoms with E-state index in [1.807, 2.05) is 33.8 Å². The maximum Gasteiger partial charge on any atom is 0.367 e. The number of para-hydroxylation sites is 1. The summed E-state index contributed by atoms with van der Waals surface area (Å²) in [5, 5.41) is 19.0. The Hall–Kier alpha value is -3.25. The van der Waals surface area contributed by atoms with E-state index in [4.69, 9.17) is 9.05 Å². The van der Waals surface area contributed by atoms with Crippen molar-refractivity contribution >= 4 is 27.3 Å². The van der Waals surface area contributed by atoms with Crippen LogP contribution in [-0.4, -0.2) is 37.1 Å². The number of H-pyrrole nitrogens is 1. The molecule has 0 unspecified atom stereocenters. The van der Waals surface area contributed by atoms with Gasteiger partial charge in [-0.15, -0.1) is 4.63 Å². The number of aromatic amines is 1. The Morgan fingerprint density at radius 3 is 2.47 bits per heavy atom. The fourth-order valence-corrected chi connectivity index (χ4v) is 4.11. The molecule has 12 heteroatoms. The summed E-state index contributed by atoms with van der Waals surface area (Å²) in [5.41, 5.74) is 1.06. The van der Waals surface area contributed by atoms with Crippen LogP contribution in [0.25, 0.3) is 0 Å². The summed E-state index contributed by atoms with van der Waals surface area (Å²) in [6.45, 7) is 7.74. The molecule has 0 spiro atoms. The second-order valence-electron chi connectivity index (χ2n) is 7.99. The lowest BCUT2D eigenvalue weighted by molar-refractivity contribution is -0.701. The molecule has 3 aromatic rings. The van der Waals surface area contributed by atoms with Gasteiger partial charge in [-0.25, -0.2) is 12.7 Å². The average Bonchev–Trinajstić information content (AvgIpc) is 3.22. The molecule has 2 aromatic heterocycles. The van der Waals surface area contributed by atoms with E-state index < -0.39 is 15.8 Å². The second kappa shape index (κ2) is 8.71. The van der Waals surface area contributed by atoms with Gasteiger partial charge in [0.15, 0.2) is 10.3 Å². The van der Waals surface area contributed by atoms with Gasteiger partial charge < -0.3 is 14.8 Å². The average molecular weight is 467 g/mol. The van der Waals surface area contributed by atoms with Gasteiger partial charge in [-0.3, -0.25) is 5.32 Å². The summed E-state index contributed by atoms with van der Waals surface area (Å²) < 4.78 is 36.9. The second-order valence-corrected chi connectivity index (χ2v) is 10.1. The van der Waals surface area contributed by atoms with Gasteiger partial charge in [0.05, 0.1) is 5.69 Å². The monoisotopic (exact) mass is 466 g/mol. The van der Waals surface area contributed by atoms with Gasteiger partial charge in [0.1, 0.15) is 22.5 Å². The highest BCUT2D eigenvalue weighted by Crippen LogP contribution is 2.36. The minimum absolute atomic E-state index is 0.00989. The Morgan fingerprint density at radius 2 is 1.91 bits per heavy atom. The van der Waals surface area contributed by atoms with Crippen LogP contribution in [0.3, 0.4) is 0 Å². The lowest BCUT2D eigenvalue weighted by Crippen LogP contribution is -2.24. The number of aryl methyl sites for hydroxylation is 2. The molecule has 0 saturated heterocycles. The molecule has 0 aliphatic carbocycles. The van der Waals surface area contributed by atoms with Crippen molar-refractivity contribution in [2.24, 2.45) is 5.92 Å². The van der Waals surface area contributed by atoms with Crippen LogP contribution in [0.2, 0.25) is 0 Å². The summed E-state index contributed by atoms with van der Waals surface area (Å²) in [4.78, 5) is 12.0. The Labute approximate surface area is 185 Å². The third-order valence-corrected chi connectivity index (χ3v) is 6.96. The molecule has 0 saturated carbocycles. The van der Waals surface area contributed by atoms with Gasteiger partial charge in [-0.2, -0.15) is 0 Å². The number of anilines is 3. The van der Waals surface area contributed by atoms with Crippen LogP contribution in [-0.2, 0) is 10.0 Å². The molecular weight excluding hydrogens is 438 g/mol. The van der Waals surface area contributed by atoms with Gasteiger partial charge in [-0.1, -0.05) is 25.1 Å². The first kappa shape index (κ1) is 23.4. The first-order valence-corrected chi connectivity index (χ1v) is 11.4. The number of phenols is 1. The Bertz CT molecular complexity index is 1250. The topological polar surface area (TPSA) is 147 Å². The van der Waals surface area contributed by atoms with Crippen molar-refractivity contribution in [2.75, 3.05) is 24.7 Å². The summed E-state index contributed by atoms with van der Waals surface area (Å²) in [6, 6.07) is 5.78. The fraction of sp³-hybridized carbons (Fsp3) is 0.400. The first-order chi connectivity index (χ1) is 14.9. The van der Waals surface area contributed by atoms with E-state index in [1.54, 1.807) is 0 Å². The molecule has 11 nitrogen and oxygen atoms in total. The van der Waals surface area contributed by atoms with E-state index in [-0.39, 0.29) is 38.8 Å². The molecule has 3 rings (SSSR count). The molecule has 0 amide bonds.